The monoisotopic (exact) mass is 1540 g/mol. The normalized spacial score (nSPS) is 44.8. The number of aliphatic carboxylic acids is 2. The van der Waals surface area contributed by atoms with Crippen LogP contribution in [0.5, 0.6) is 0 Å². The van der Waals surface area contributed by atoms with Crippen molar-refractivity contribution >= 4 is 47.2 Å². The first kappa shape index (κ1) is 85.9. The van der Waals surface area contributed by atoms with Gasteiger partial charge in [-0.1, -0.05) is 0 Å². The molecule has 0 aromatic rings. The van der Waals surface area contributed by atoms with E-state index in [0.29, 0.717) is 0 Å². The number of aliphatic hydroxyl groups is 19. The quantitative estimate of drug-likeness (QED) is 0.0358. The molecule has 596 valence electrons. The zero-order valence-electron chi connectivity index (χ0n) is 55.3. The molecule has 21 heterocycles. The number of aliphatic hydroxyl groups excluding tert-OH is 19. The Bertz CT molecular complexity index is 2620. The first-order chi connectivity index (χ1) is 49.0. The van der Waals surface area contributed by atoms with E-state index >= 15 is 0 Å². The maximum absolute atomic E-state index is 12.9. The average Bonchev–Trinajstić information content (AvgIpc) is 0.785. The van der Waals surface area contributed by atoms with Crippen LogP contribution in [0, 0.1) is 0 Å². The molecule has 21 aliphatic rings. The second-order valence-corrected chi connectivity index (χ2v) is 27.6. The Morgan fingerprint density at radius 3 is 0.806 bits per heavy atom. The van der Waals surface area contributed by atoms with Crippen molar-refractivity contribution in [1.82, 2.24) is 10.6 Å². The molecule has 21 aliphatic heterocycles. The van der Waals surface area contributed by atoms with Gasteiger partial charge in [-0.2, -0.15) is 23.5 Å². The van der Waals surface area contributed by atoms with Crippen molar-refractivity contribution in [3.8, 4) is 0 Å². The number of carbonyl (C=O) groups is 4. The number of ketones is 1. The molecule has 21 fully saturated rings. The number of Topliss-reactive ketones (excluding diaryl/α,β-unsaturated/α-hetero) is 1. The SMILES string of the molecule is CN[C@H](CSCC1O[C@@H]2O[C@H]3C(CO)O[C@@H](O[C@H]4C(CO)O[C@@H](O[C@H]5C(CO)O[C@@H](O[C@H]6C(CSC[C@@H](NC(=O)CCOCCOCCC(C)=O)C(=O)O)O[C@@H](O[C@H]7C(CO)O[C@H](O[C@H]8C(CO)O[C@H](O[C@@H]1[C@H](O)C2O)C(O)[C@H]8O)C(O)[C@H]7O)C(O)[C@H]6O)C(O)[C@H]5O)C(O)[C@H]4O)C(O)[C@H]3O)C(=O)O. The van der Waals surface area contributed by atoms with Gasteiger partial charge in [0.15, 0.2) is 44.0 Å². The molecule has 0 aromatic carbocycles. The van der Waals surface area contributed by atoms with E-state index in [2.05, 4.69) is 10.6 Å². The Morgan fingerprint density at radius 1 is 0.340 bits per heavy atom. The molecular weight excluding hydrogens is 1440 g/mol. The molecule has 0 spiro atoms. The van der Waals surface area contributed by atoms with Crippen LogP contribution in [0.4, 0.5) is 0 Å². The highest BCUT2D eigenvalue weighted by Crippen LogP contribution is 2.40. The van der Waals surface area contributed by atoms with Crippen molar-refractivity contribution in [2.75, 3.05) is 89.5 Å². The lowest BCUT2D eigenvalue weighted by molar-refractivity contribution is -0.395. The van der Waals surface area contributed by atoms with Crippen LogP contribution >= 0.6 is 23.5 Å². The predicted molar refractivity (Wildman–Crippen MR) is 331 cm³/mol. The minimum Gasteiger partial charge on any atom is -0.480 e. The van der Waals surface area contributed by atoms with Gasteiger partial charge >= 0.3 is 11.9 Å². The van der Waals surface area contributed by atoms with Crippen LogP contribution in [0.15, 0.2) is 0 Å². The van der Waals surface area contributed by atoms with Gasteiger partial charge in [-0.15, -0.1) is 0 Å². The minimum atomic E-state index is -2.32. The van der Waals surface area contributed by atoms with Crippen LogP contribution in [-0.2, 0) is 95.0 Å². The van der Waals surface area contributed by atoms with Gasteiger partial charge < -0.3 is 194 Å². The molecule has 103 heavy (non-hydrogen) atoms. The molecule has 0 aliphatic carbocycles. The van der Waals surface area contributed by atoms with Crippen LogP contribution < -0.4 is 10.6 Å². The third-order valence-corrected chi connectivity index (χ3v) is 20.5. The molecule has 43 nitrogen and oxygen atoms in total. The Morgan fingerprint density at radius 2 is 0.573 bits per heavy atom. The number of amides is 1. The topological polar surface area (TPSA) is 665 Å². The fourth-order valence-electron chi connectivity index (χ4n) is 12.4. The smallest absolute Gasteiger partial charge is 0.327 e. The second kappa shape index (κ2) is 39.8. The highest BCUT2D eigenvalue weighted by molar-refractivity contribution is 7.99. The summed E-state index contributed by atoms with van der Waals surface area (Å²) in [6.07, 6.45) is -72.9. The van der Waals surface area contributed by atoms with Gasteiger partial charge in [0.05, 0.1) is 71.7 Å². The number of hydrogen-bond acceptors (Lipinski definition) is 42. The zero-order valence-corrected chi connectivity index (χ0v) is 57.0. The van der Waals surface area contributed by atoms with Crippen LogP contribution in [0.3, 0.4) is 0 Å². The fraction of sp³-hybridized carbons (Fsp3) is 0.931. The molecule has 0 radical (unpaired) electrons. The first-order valence-electron chi connectivity index (χ1n) is 33.0. The van der Waals surface area contributed by atoms with E-state index in [9.17, 15) is 126 Å². The molecule has 45 heteroatoms. The van der Waals surface area contributed by atoms with E-state index in [1.165, 1.54) is 14.0 Å². The van der Waals surface area contributed by atoms with E-state index < -0.39 is 289 Å². The number of ether oxygens (including phenoxy) is 16. The van der Waals surface area contributed by atoms with Crippen LogP contribution in [0.25, 0.3) is 0 Å². The van der Waals surface area contributed by atoms with E-state index in [-0.39, 0.29) is 56.6 Å². The van der Waals surface area contributed by atoms with Crippen molar-refractivity contribution in [2.24, 2.45) is 0 Å². The molecule has 0 aromatic heterocycles. The molecule has 1 amide bonds. The molecule has 21 saturated heterocycles. The summed E-state index contributed by atoms with van der Waals surface area (Å²) in [4.78, 5) is 48.5. The van der Waals surface area contributed by atoms with Gasteiger partial charge in [-0.3, -0.25) is 14.4 Å². The maximum atomic E-state index is 12.9. The Labute approximate surface area is 594 Å². The Balaban J connectivity index is 1.08. The van der Waals surface area contributed by atoms with E-state index in [1.54, 1.807) is 0 Å². The standard InChI is InChI=1S/C58H96N2O41S2/c1-18(66)3-5-86-7-8-87-6-4-28(67)60-20(51(84)85)15-103-17-27-49-35(74)42(81)58(94-27)99-47-25(13-65)90-54(38(77)31(47)70)97-45-22(10-62)91-55(39(78)32(45)71)100-48-26(16-102-14-19(59-2)50(82)83)93-57(41(80)34(48)73)98-46-24(12-64)89-53(37(76)30(46)69)95-43-21(9-61)88-52(36(75)29(43)68)96-44-23(11-63)92-56(101-49)40(79)33(44)72/h19-27,29-49,52-59,61-65,68-81H,3-17H2,1-2H3,(H,60,67)(H,82,83)(H,84,85)/t19-,20-,21?,22?,23?,24?,25?,26?,27?,29-,30-,31-,32-,33-,34-,35-,36?,37?,38?,39?,40?,41?,42?,43+,44+,45+,46+,47+,48+,49+,52+,53+,54-,55-,56+,57-,58+/m1/s1. The van der Waals surface area contributed by atoms with Crippen molar-refractivity contribution in [3.63, 3.8) is 0 Å². The third kappa shape index (κ3) is 20.9. The lowest BCUT2D eigenvalue weighted by atomic mass is 9.95. The number of thioether (sulfide) groups is 2. The number of rotatable bonds is 26. The lowest BCUT2D eigenvalue weighted by Crippen LogP contribution is -2.68. The summed E-state index contributed by atoms with van der Waals surface area (Å²) in [7, 11) is 1.35. The highest BCUT2D eigenvalue weighted by atomic mass is 32.2. The van der Waals surface area contributed by atoms with E-state index in [0.717, 1.165) is 23.5 Å². The summed E-state index contributed by atoms with van der Waals surface area (Å²) < 4.78 is 93.1. The average molecular weight is 1540 g/mol. The van der Waals surface area contributed by atoms with Crippen LogP contribution in [0.1, 0.15) is 19.8 Å². The largest absolute Gasteiger partial charge is 0.480 e. The van der Waals surface area contributed by atoms with Crippen LogP contribution in [-0.4, -0.2) is 447 Å². The van der Waals surface area contributed by atoms with Crippen molar-refractivity contribution < 1.29 is 202 Å². The number of carboxylic acids is 2. The summed E-state index contributed by atoms with van der Waals surface area (Å²) in [5, 5.41) is 242. The number of carboxylic acid groups (broad SMARTS) is 2. The second-order valence-electron chi connectivity index (χ2n) is 25.4. The molecular formula is C58H96N2O41S2. The molecule has 37 atom stereocenters. The number of hydrogen-bond donors (Lipinski definition) is 23. The molecule has 21 rings (SSSR count). The zero-order chi connectivity index (χ0) is 75.4. The summed E-state index contributed by atoms with van der Waals surface area (Å²) >= 11 is 1.60. The highest BCUT2D eigenvalue weighted by Gasteiger charge is 2.60. The molecule has 14 unspecified atom stereocenters. The van der Waals surface area contributed by atoms with Gasteiger partial charge in [0.2, 0.25) is 5.91 Å². The van der Waals surface area contributed by atoms with Crippen molar-refractivity contribution in [3.05, 3.63) is 0 Å². The van der Waals surface area contributed by atoms with Gasteiger partial charge in [0, 0.05) is 35.9 Å². The first-order valence-corrected chi connectivity index (χ1v) is 35.3. The Hall–Kier alpha value is -2.66. The number of carbonyl (C=O) groups excluding carboxylic acids is 2. The molecule has 0 saturated carbocycles. The van der Waals surface area contributed by atoms with E-state index in [1.807, 2.05) is 0 Å². The third-order valence-electron chi connectivity index (χ3n) is 18.3. The van der Waals surface area contributed by atoms with Crippen molar-refractivity contribution in [2.45, 2.75) is 247 Å². The summed E-state index contributed by atoms with van der Waals surface area (Å²) in [5.74, 6) is -5.22. The summed E-state index contributed by atoms with van der Waals surface area (Å²) in [6, 6.07) is -2.82. The number of likely N-dealkylation sites (N-methyl/N-ethyl adjacent to an activating group) is 1. The number of nitrogens with one attached hydrogen (secondary N) is 2. The van der Waals surface area contributed by atoms with Crippen LogP contribution in [0.2, 0.25) is 0 Å². The van der Waals surface area contributed by atoms with Gasteiger partial charge in [-0.05, 0) is 14.0 Å². The fourth-order valence-corrected chi connectivity index (χ4v) is 14.7. The minimum absolute atomic E-state index is 0.0368. The maximum Gasteiger partial charge on any atom is 0.327 e. The van der Waals surface area contributed by atoms with Gasteiger partial charge in [-0.25, -0.2) is 4.79 Å². The molecule has 14 bridgehead atoms. The molecule has 23 N–H and O–H groups in total. The summed E-state index contributed by atoms with van der Waals surface area (Å²) in [5.41, 5.74) is 0. The lowest BCUT2D eigenvalue weighted by Gasteiger charge is -2.50. The van der Waals surface area contributed by atoms with E-state index in [4.69, 9.17) is 75.8 Å². The van der Waals surface area contributed by atoms with Gasteiger partial charge in [0.25, 0.3) is 0 Å². The Kier molecular flexibility index (Phi) is 33.2. The van der Waals surface area contributed by atoms with Gasteiger partial charge in [0.1, 0.15) is 177 Å². The van der Waals surface area contributed by atoms with Crippen molar-refractivity contribution in [1.29, 1.82) is 0 Å². The predicted octanol–water partition coefficient (Wildman–Crippen LogP) is -14.1. The summed E-state index contributed by atoms with van der Waals surface area (Å²) in [6.45, 7) is -4.06.